The number of halogens is 1. The molecular formula is C14H16FNO2. The van der Waals surface area contributed by atoms with Crippen LogP contribution in [0.3, 0.4) is 0 Å². The van der Waals surface area contributed by atoms with Gasteiger partial charge in [-0.2, -0.15) is 0 Å². The van der Waals surface area contributed by atoms with Crippen molar-refractivity contribution in [1.29, 1.82) is 0 Å². The molecule has 96 valence electrons. The first-order chi connectivity index (χ1) is 8.52. The zero-order valence-corrected chi connectivity index (χ0v) is 10.6. The van der Waals surface area contributed by atoms with Gasteiger partial charge in [-0.05, 0) is 36.6 Å². The first-order valence-electron chi connectivity index (χ1n) is 6.13. The summed E-state index contributed by atoms with van der Waals surface area (Å²) in [4.78, 5) is 25.3. The van der Waals surface area contributed by atoms with E-state index in [0.717, 1.165) is 6.42 Å². The van der Waals surface area contributed by atoms with Crippen molar-refractivity contribution in [3.63, 3.8) is 0 Å². The van der Waals surface area contributed by atoms with Gasteiger partial charge in [-0.3, -0.25) is 14.5 Å². The number of benzene rings is 1. The second kappa shape index (κ2) is 4.88. The van der Waals surface area contributed by atoms with Gasteiger partial charge in [-0.1, -0.05) is 13.3 Å². The van der Waals surface area contributed by atoms with E-state index in [2.05, 4.69) is 0 Å². The second-order valence-corrected chi connectivity index (χ2v) is 4.75. The maximum absolute atomic E-state index is 13.0. The molecule has 0 spiro atoms. The largest absolute Gasteiger partial charge is 0.278 e. The van der Waals surface area contributed by atoms with Crippen LogP contribution in [0.2, 0.25) is 0 Å². The molecule has 18 heavy (non-hydrogen) atoms. The lowest BCUT2D eigenvalue weighted by atomic mass is 10.1. The van der Waals surface area contributed by atoms with Crippen LogP contribution in [0.5, 0.6) is 0 Å². The van der Waals surface area contributed by atoms with E-state index in [1.165, 1.54) is 23.1 Å². The summed E-state index contributed by atoms with van der Waals surface area (Å²) in [5, 5.41) is 0. The number of aryl methyl sites for hydroxylation is 1. The Morgan fingerprint density at radius 3 is 2.78 bits per heavy atom. The molecule has 0 radical (unpaired) electrons. The van der Waals surface area contributed by atoms with Crippen molar-refractivity contribution in [2.75, 3.05) is 6.54 Å². The SMILES string of the molecule is CCC1CC(=O)N(C(=O)c2ccc(F)cc2C)C1. The number of hydrogen-bond acceptors (Lipinski definition) is 2. The summed E-state index contributed by atoms with van der Waals surface area (Å²) in [6, 6.07) is 4.00. The zero-order valence-electron chi connectivity index (χ0n) is 10.6. The Balaban J connectivity index is 2.24. The first-order valence-corrected chi connectivity index (χ1v) is 6.13. The molecule has 1 aromatic rings. The van der Waals surface area contributed by atoms with E-state index in [0.29, 0.717) is 24.1 Å². The fourth-order valence-corrected chi connectivity index (χ4v) is 2.26. The van der Waals surface area contributed by atoms with Gasteiger partial charge in [0.25, 0.3) is 5.91 Å². The van der Waals surface area contributed by atoms with Crippen LogP contribution in [0.25, 0.3) is 0 Å². The van der Waals surface area contributed by atoms with Crippen molar-refractivity contribution in [2.45, 2.75) is 26.7 Å². The molecular weight excluding hydrogens is 233 g/mol. The molecule has 4 heteroatoms. The number of carbonyl (C=O) groups is 2. The summed E-state index contributed by atoms with van der Waals surface area (Å²) in [5.74, 6) is -0.561. The third-order valence-corrected chi connectivity index (χ3v) is 3.45. The van der Waals surface area contributed by atoms with Crippen LogP contribution >= 0.6 is 0 Å². The highest BCUT2D eigenvalue weighted by molar-refractivity contribution is 6.06. The van der Waals surface area contributed by atoms with Gasteiger partial charge in [0.2, 0.25) is 5.91 Å². The predicted molar refractivity (Wildman–Crippen MR) is 65.6 cm³/mol. The number of imide groups is 1. The average Bonchev–Trinajstić information content (AvgIpc) is 2.70. The second-order valence-electron chi connectivity index (χ2n) is 4.75. The van der Waals surface area contributed by atoms with Gasteiger partial charge in [-0.25, -0.2) is 4.39 Å². The van der Waals surface area contributed by atoms with Crippen molar-refractivity contribution in [2.24, 2.45) is 5.92 Å². The van der Waals surface area contributed by atoms with Crippen LogP contribution in [-0.2, 0) is 4.79 Å². The highest BCUT2D eigenvalue weighted by Gasteiger charge is 2.33. The van der Waals surface area contributed by atoms with Crippen LogP contribution in [0.1, 0.15) is 35.7 Å². The van der Waals surface area contributed by atoms with Crippen LogP contribution in [0, 0.1) is 18.7 Å². The zero-order chi connectivity index (χ0) is 13.3. The third-order valence-electron chi connectivity index (χ3n) is 3.45. The molecule has 2 rings (SSSR count). The Labute approximate surface area is 106 Å². The van der Waals surface area contributed by atoms with Crippen LogP contribution in [0.15, 0.2) is 18.2 Å². The normalized spacial score (nSPS) is 19.4. The monoisotopic (exact) mass is 249 g/mol. The van der Waals surface area contributed by atoms with Gasteiger partial charge >= 0.3 is 0 Å². The number of likely N-dealkylation sites (tertiary alicyclic amines) is 1. The van der Waals surface area contributed by atoms with Gasteiger partial charge in [0.15, 0.2) is 0 Å². The molecule has 1 aliphatic rings. The Bertz CT molecular complexity index is 499. The molecule has 1 atom stereocenters. The summed E-state index contributed by atoms with van der Waals surface area (Å²) < 4.78 is 13.0. The lowest BCUT2D eigenvalue weighted by molar-refractivity contribution is -0.125. The summed E-state index contributed by atoms with van der Waals surface area (Å²) in [7, 11) is 0. The molecule has 0 bridgehead atoms. The number of hydrogen-bond donors (Lipinski definition) is 0. The Kier molecular flexibility index (Phi) is 3.45. The van der Waals surface area contributed by atoms with Gasteiger partial charge < -0.3 is 0 Å². The fourth-order valence-electron chi connectivity index (χ4n) is 2.26. The lowest BCUT2D eigenvalue weighted by Crippen LogP contribution is -2.32. The molecule has 1 unspecified atom stereocenters. The molecule has 1 aliphatic heterocycles. The summed E-state index contributed by atoms with van der Waals surface area (Å²) in [6.07, 6.45) is 1.32. The minimum atomic E-state index is -0.372. The van der Waals surface area contributed by atoms with Crippen molar-refractivity contribution >= 4 is 11.8 Å². The van der Waals surface area contributed by atoms with E-state index < -0.39 is 0 Å². The molecule has 0 aliphatic carbocycles. The van der Waals surface area contributed by atoms with Crippen molar-refractivity contribution in [1.82, 2.24) is 4.90 Å². The standard InChI is InChI=1S/C14H16FNO2/c1-3-10-7-13(17)16(8-10)14(18)12-5-4-11(15)6-9(12)2/h4-6,10H,3,7-8H2,1-2H3. The quantitative estimate of drug-likeness (QED) is 0.755. The maximum Gasteiger partial charge on any atom is 0.260 e. The van der Waals surface area contributed by atoms with E-state index in [4.69, 9.17) is 0 Å². The topological polar surface area (TPSA) is 37.4 Å². The Hall–Kier alpha value is -1.71. The molecule has 1 fully saturated rings. The molecule has 2 amide bonds. The van der Waals surface area contributed by atoms with Gasteiger partial charge in [0, 0.05) is 18.5 Å². The van der Waals surface area contributed by atoms with Crippen molar-refractivity contribution in [3.8, 4) is 0 Å². The fraction of sp³-hybridized carbons (Fsp3) is 0.429. The number of nitrogens with zero attached hydrogens (tertiary/aromatic N) is 1. The van der Waals surface area contributed by atoms with Crippen LogP contribution < -0.4 is 0 Å². The smallest absolute Gasteiger partial charge is 0.260 e. The Morgan fingerprint density at radius 1 is 1.50 bits per heavy atom. The van der Waals surface area contributed by atoms with Crippen molar-refractivity contribution in [3.05, 3.63) is 35.1 Å². The molecule has 0 saturated carbocycles. The molecule has 3 nitrogen and oxygen atoms in total. The molecule has 0 N–H and O–H groups in total. The van der Waals surface area contributed by atoms with E-state index in [-0.39, 0.29) is 23.5 Å². The summed E-state index contributed by atoms with van der Waals surface area (Å²) >= 11 is 0. The minimum Gasteiger partial charge on any atom is -0.278 e. The van der Waals surface area contributed by atoms with Crippen LogP contribution in [-0.4, -0.2) is 23.3 Å². The predicted octanol–water partition coefficient (Wildman–Crippen LogP) is 2.53. The third kappa shape index (κ3) is 2.28. The van der Waals surface area contributed by atoms with E-state index in [1.54, 1.807) is 6.92 Å². The molecule has 0 aromatic heterocycles. The number of amides is 2. The molecule has 1 saturated heterocycles. The van der Waals surface area contributed by atoms with Gasteiger partial charge in [0.1, 0.15) is 5.82 Å². The number of carbonyl (C=O) groups excluding carboxylic acids is 2. The summed E-state index contributed by atoms with van der Waals surface area (Å²) in [5.41, 5.74) is 0.967. The molecule has 1 heterocycles. The lowest BCUT2D eigenvalue weighted by Gasteiger charge is -2.15. The van der Waals surface area contributed by atoms with Gasteiger partial charge in [0.05, 0.1) is 0 Å². The minimum absolute atomic E-state index is 0.129. The summed E-state index contributed by atoms with van der Waals surface area (Å²) in [6.45, 7) is 4.16. The average molecular weight is 249 g/mol. The van der Waals surface area contributed by atoms with Gasteiger partial charge in [-0.15, -0.1) is 0 Å². The Morgan fingerprint density at radius 2 is 2.22 bits per heavy atom. The van der Waals surface area contributed by atoms with Crippen LogP contribution in [0.4, 0.5) is 4.39 Å². The van der Waals surface area contributed by atoms with E-state index >= 15 is 0 Å². The number of rotatable bonds is 2. The highest BCUT2D eigenvalue weighted by Crippen LogP contribution is 2.23. The van der Waals surface area contributed by atoms with E-state index in [9.17, 15) is 14.0 Å². The maximum atomic E-state index is 13.0. The van der Waals surface area contributed by atoms with Crippen molar-refractivity contribution < 1.29 is 14.0 Å². The molecule has 1 aromatic carbocycles. The van der Waals surface area contributed by atoms with E-state index in [1.807, 2.05) is 6.92 Å². The first kappa shape index (κ1) is 12.7. The highest BCUT2D eigenvalue weighted by atomic mass is 19.1.